The highest BCUT2D eigenvalue weighted by molar-refractivity contribution is 7.92. The Balaban J connectivity index is 2.09. The number of amides is 2. The van der Waals surface area contributed by atoms with Gasteiger partial charge in [-0.05, 0) is 56.0 Å². The average Bonchev–Trinajstić information content (AvgIpc) is 2.92. The van der Waals surface area contributed by atoms with Crippen LogP contribution < -0.4 is 9.62 Å². The molecule has 202 valence electrons. The molecule has 0 bridgehead atoms. The van der Waals surface area contributed by atoms with Crippen LogP contribution in [0.4, 0.5) is 5.69 Å². The van der Waals surface area contributed by atoms with Gasteiger partial charge in [-0.1, -0.05) is 80.1 Å². The maximum absolute atomic E-state index is 14.0. The first-order valence-electron chi connectivity index (χ1n) is 13.0. The molecule has 0 aliphatic rings. The fourth-order valence-electron chi connectivity index (χ4n) is 4.40. The molecular formula is C30H37N3O4S. The summed E-state index contributed by atoms with van der Waals surface area (Å²) in [6.07, 6.45) is 0.981. The molecule has 0 aromatic heterocycles. The first-order chi connectivity index (χ1) is 18.2. The number of nitrogens with zero attached hydrogens (tertiary/aromatic N) is 2. The van der Waals surface area contributed by atoms with Crippen molar-refractivity contribution in [1.82, 2.24) is 10.2 Å². The van der Waals surface area contributed by atoms with Gasteiger partial charge in [0, 0.05) is 13.1 Å². The lowest BCUT2D eigenvalue weighted by Gasteiger charge is -2.33. The zero-order valence-electron chi connectivity index (χ0n) is 22.6. The van der Waals surface area contributed by atoms with Crippen molar-refractivity contribution in [3.05, 3.63) is 95.6 Å². The van der Waals surface area contributed by atoms with Crippen molar-refractivity contribution in [2.75, 3.05) is 17.4 Å². The van der Waals surface area contributed by atoms with E-state index >= 15 is 0 Å². The van der Waals surface area contributed by atoms with E-state index in [0.29, 0.717) is 25.1 Å². The molecule has 3 aromatic carbocycles. The number of carbonyl (C=O) groups is 2. The fourth-order valence-corrected chi connectivity index (χ4v) is 5.85. The largest absolute Gasteiger partial charge is 0.355 e. The maximum atomic E-state index is 14.0. The summed E-state index contributed by atoms with van der Waals surface area (Å²) >= 11 is 0. The van der Waals surface area contributed by atoms with Crippen molar-refractivity contribution >= 4 is 27.5 Å². The second-order valence-electron chi connectivity index (χ2n) is 9.13. The molecule has 2 amide bonds. The van der Waals surface area contributed by atoms with E-state index in [1.54, 1.807) is 36.4 Å². The minimum Gasteiger partial charge on any atom is -0.355 e. The van der Waals surface area contributed by atoms with E-state index in [-0.39, 0.29) is 17.3 Å². The Bertz CT molecular complexity index is 1330. The van der Waals surface area contributed by atoms with Gasteiger partial charge in [-0.25, -0.2) is 8.42 Å². The third-order valence-electron chi connectivity index (χ3n) is 6.46. The van der Waals surface area contributed by atoms with Crippen LogP contribution in [0.1, 0.15) is 43.9 Å². The Kier molecular flexibility index (Phi) is 10.1. The summed E-state index contributed by atoms with van der Waals surface area (Å²) in [6, 6.07) is 22.5. The summed E-state index contributed by atoms with van der Waals surface area (Å²) in [6.45, 7) is 7.68. The van der Waals surface area contributed by atoms with Crippen LogP contribution in [0.2, 0.25) is 0 Å². The quantitative estimate of drug-likeness (QED) is 0.364. The molecule has 3 rings (SSSR count). The molecule has 8 heteroatoms. The number of nitrogens with one attached hydrogen (secondary N) is 1. The topological polar surface area (TPSA) is 86.8 Å². The number of rotatable bonds is 12. The Morgan fingerprint density at radius 3 is 2.11 bits per heavy atom. The van der Waals surface area contributed by atoms with Gasteiger partial charge in [0.1, 0.15) is 12.6 Å². The van der Waals surface area contributed by atoms with Gasteiger partial charge in [-0.15, -0.1) is 0 Å². The van der Waals surface area contributed by atoms with E-state index in [1.165, 1.54) is 9.21 Å². The van der Waals surface area contributed by atoms with Crippen molar-refractivity contribution in [2.45, 2.75) is 58.0 Å². The molecule has 0 unspecified atom stereocenters. The molecule has 0 fully saturated rings. The summed E-state index contributed by atoms with van der Waals surface area (Å²) in [7, 11) is -4.08. The molecular weight excluding hydrogens is 498 g/mol. The minimum absolute atomic E-state index is 0.104. The van der Waals surface area contributed by atoms with Gasteiger partial charge >= 0.3 is 0 Å². The molecule has 7 nitrogen and oxygen atoms in total. The highest BCUT2D eigenvalue weighted by atomic mass is 32.2. The average molecular weight is 536 g/mol. The summed E-state index contributed by atoms with van der Waals surface area (Å²) in [5.41, 5.74) is 3.05. The summed E-state index contributed by atoms with van der Waals surface area (Å²) < 4.78 is 29.1. The second kappa shape index (κ2) is 13.2. The Labute approximate surface area is 226 Å². The van der Waals surface area contributed by atoms with E-state index in [4.69, 9.17) is 0 Å². The van der Waals surface area contributed by atoms with Crippen LogP contribution in [-0.4, -0.2) is 44.3 Å². The van der Waals surface area contributed by atoms with E-state index in [2.05, 4.69) is 5.32 Å². The van der Waals surface area contributed by atoms with Crippen LogP contribution in [0.15, 0.2) is 83.8 Å². The summed E-state index contributed by atoms with van der Waals surface area (Å²) in [4.78, 5) is 28.6. The first kappa shape index (κ1) is 28.9. The molecule has 1 N–H and O–H groups in total. The summed E-state index contributed by atoms with van der Waals surface area (Å²) in [5.74, 6) is -0.713. The van der Waals surface area contributed by atoms with Crippen LogP contribution in [0.5, 0.6) is 0 Å². The van der Waals surface area contributed by atoms with Crippen LogP contribution in [-0.2, 0) is 32.6 Å². The Hall–Kier alpha value is -3.65. The first-order valence-corrected chi connectivity index (χ1v) is 14.4. The number of hydrogen-bond acceptors (Lipinski definition) is 4. The lowest BCUT2D eigenvalue weighted by Crippen LogP contribution is -2.52. The molecule has 0 saturated heterocycles. The number of hydrogen-bond donors (Lipinski definition) is 1. The predicted octanol–water partition coefficient (Wildman–Crippen LogP) is 4.70. The van der Waals surface area contributed by atoms with Crippen LogP contribution >= 0.6 is 0 Å². The second-order valence-corrected chi connectivity index (χ2v) is 11.0. The van der Waals surface area contributed by atoms with Crippen molar-refractivity contribution in [3.63, 3.8) is 0 Å². The molecule has 0 aliphatic carbocycles. The van der Waals surface area contributed by atoms with E-state index < -0.39 is 28.5 Å². The van der Waals surface area contributed by atoms with E-state index in [9.17, 15) is 18.0 Å². The number of carbonyl (C=O) groups excluding carboxylic acids is 2. The number of likely N-dealkylation sites (N-methyl/N-ethyl adjacent to an activating group) is 1. The van der Waals surface area contributed by atoms with Gasteiger partial charge in [0.05, 0.1) is 10.6 Å². The summed E-state index contributed by atoms with van der Waals surface area (Å²) in [5, 5.41) is 2.82. The zero-order valence-corrected chi connectivity index (χ0v) is 23.4. The van der Waals surface area contributed by atoms with Crippen LogP contribution in [0.3, 0.4) is 0 Å². The van der Waals surface area contributed by atoms with Crippen molar-refractivity contribution in [3.8, 4) is 0 Å². The van der Waals surface area contributed by atoms with Gasteiger partial charge in [0.2, 0.25) is 11.8 Å². The van der Waals surface area contributed by atoms with Gasteiger partial charge in [0.25, 0.3) is 10.0 Å². The van der Waals surface area contributed by atoms with Crippen LogP contribution in [0.25, 0.3) is 0 Å². The van der Waals surface area contributed by atoms with Crippen molar-refractivity contribution in [2.24, 2.45) is 0 Å². The smallest absolute Gasteiger partial charge is 0.264 e. The number of benzene rings is 3. The SMILES string of the molecule is CCNC(=O)[C@@H](CC)N(Cc1ccccc1)C(=O)CN(c1ccccc1CC)S(=O)(=O)c1ccc(C)cc1. The minimum atomic E-state index is -4.08. The van der Waals surface area contributed by atoms with E-state index in [1.807, 2.05) is 70.2 Å². The standard InChI is InChI=1S/C30H37N3O4S/c1-5-25-15-11-12-16-28(25)33(38(36,37)26-19-17-23(4)18-20-26)22-29(34)32(21-24-13-9-8-10-14-24)27(6-2)30(35)31-7-3/h8-20,27H,5-7,21-22H2,1-4H3,(H,31,35)/t27-/m1/s1. The monoisotopic (exact) mass is 535 g/mol. The number of anilines is 1. The number of sulfonamides is 1. The molecule has 0 spiro atoms. The Morgan fingerprint density at radius 2 is 1.50 bits per heavy atom. The number of aryl methyl sites for hydroxylation is 2. The third kappa shape index (κ3) is 6.81. The lowest BCUT2D eigenvalue weighted by atomic mass is 10.1. The van der Waals surface area contributed by atoms with Crippen molar-refractivity contribution < 1.29 is 18.0 Å². The zero-order chi connectivity index (χ0) is 27.7. The Morgan fingerprint density at radius 1 is 0.868 bits per heavy atom. The molecule has 0 aliphatic heterocycles. The molecule has 0 saturated carbocycles. The van der Waals surface area contributed by atoms with E-state index in [0.717, 1.165) is 16.7 Å². The van der Waals surface area contributed by atoms with Gasteiger partial charge in [-0.3, -0.25) is 13.9 Å². The molecule has 3 aromatic rings. The van der Waals surface area contributed by atoms with Crippen molar-refractivity contribution in [1.29, 1.82) is 0 Å². The number of para-hydroxylation sites is 1. The third-order valence-corrected chi connectivity index (χ3v) is 8.24. The van der Waals surface area contributed by atoms with Gasteiger partial charge < -0.3 is 10.2 Å². The normalized spacial score (nSPS) is 12.0. The fraction of sp³-hybridized carbons (Fsp3) is 0.333. The highest BCUT2D eigenvalue weighted by Crippen LogP contribution is 2.28. The van der Waals surface area contributed by atoms with Gasteiger partial charge in [0.15, 0.2) is 0 Å². The lowest BCUT2D eigenvalue weighted by molar-refractivity contribution is -0.140. The maximum Gasteiger partial charge on any atom is 0.264 e. The van der Waals surface area contributed by atoms with Crippen LogP contribution in [0, 0.1) is 6.92 Å². The predicted molar refractivity (Wildman–Crippen MR) is 151 cm³/mol. The molecule has 0 radical (unpaired) electrons. The molecule has 1 atom stereocenters. The molecule has 0 heterocycles. The molecule has 38 heavy (non-hydrogen) atoms. The highest BCUT2D eigenvalue weighted by Gasteiger charge is 2.34. The van der Waals surface area contributed by atoms with Gasteiger partial charge in [-0.2, -0.15) is 0 Å².